The topological polar surface area (TPSA) is 114 Å². The molecule has 1 atom stereocenters. The second-order valence-electron chi connectivity index (χ2n) is 8.49. The number of hydrogen-bond donors (Lipinski definition) is 3. The molecule has 3 aromatic rings. The lowest BCUT2D eigenvalue weighted by Crippen LogP contribution is -2.25. The number of halogens is 1. The molecule has 0 aliphatic heterocycles. The van der Waals surface area contributed by atoms with E-state index in [1.165, 1.54) is 17.9 Å². The van der Waals surface area contributed by atoms with Gasteiger partial charge in [-0.15, -0.1) is 0 Å². The lowest BCUT2D eigenvalue weighted by molar-refractivity contribution is -0.116. The Morgan fingerprint density at radius 1 is 1.19 bits per heavy atom. The van der Waals surface area contributed by atoms with Gasteiger partial charge in [0.05, 0.1) is 24.4 Å². The molecule has 1 amide bonds. The third kappa shape index (κ3) is 6.29. The number of carbonyl (C=O) groups is 1. The number of amides is 1. The molecular weight excluding hydrogens is 461 g/mol. The predicted octanol–water partition coefficient (Wildman–Crippen LogP) is 4.87. The number of nitrogens with one attached hydrogen (secondary N) is 2. The summed E-state index contributed by atoms with van der Waals surface area (Å²) in [5.41, 5.74) is 7.56. The highest BCUT2D eigenvalue weighted by atomic mass is 19.1. The standard InChI is InChI=1S/C27H32FN5O3/c1-6-35-20-14-21(25(28)23(15-20)36-16(2)3)26(31-19-12-10-18(11-13-19)27(29)30)22-8-7-9-24(32-22)33(5)17(4)34/h7-16,26,31H,6H2,1-5H3,(H3,29,30). The second-order valence-corrected chi connectivity index (χ2v) is 8.49. The summed E-state index contributed by atoms with van der Waals surface area (Å²) in [4.78, 5) is 18.0. The minimum Gasteiger partial charge on any atom is -0.494 e. The minimum absolute atomic E-state index is 0.0503. The summed E-state index contributed by atoms with van der Waals surface area (Å²) in [6, 6.07) is 14.6. The number of nitrogens with zero attached hydrogens (tertiary/aromatic N) is 2. The number of hydrogen-bond acceptors (Lipinski definition) is 6. The van der Waals surface area contributed by atoms with Crippen molar-refractivity contribution in [2.45, 2.75) is 39.8 Å². The maximum Gasteiger partial charge on any atom is 0.224 e. The van der Waals surface area contributed by atoms with Crippen LogP contribution in [0, 0.1) is 11.2 Å². The van der Waals surface area contributed by atoms with E-state index in [2.05, 4.69) is 10.3 Å². The molecule has 0 aliphatic rings. The third-order valence-corrected chi connectivity index (χ3v) is 5.40. The van der Waals surface area contributed by atoms with E-state index in [0.717, 1.165) is 0 Å². The van der Waals surface area contributed by atoms with Crippen LogP contribution in [0.1, 0.15) is 50.6 Å². The van der Waals surface area contributed by atoms with Gasteiger partial charge in [0.25, 0.3) is 0 Å². The SMILES string of the molecule is CCOc1cc(OC(C)C)c(F)c(C(Nc2ccc(C(=N)N)cc2)c2cccc(N(C)C(C)=O)n2)c1. The zero-order valence-corrected chi connectivity index (χ0v) is 21.1. The van der Waals surface area contributed by atoms with E-state index in [1.54, 1.807) is 55.6 Å². The van der Waals surface area contributed by atoms with E-state index in [1.807, 2.05) is 20.8 Å². The Kier molecular flexibility index (Phi) is 8.47. The van der Waals surface area contributed by atoms with Gasteiger partial charge < -0.3 is 25.4 Å². The highest BCUT2D eigenvalue weighted by molar-refractivity contribution is 5.95. The number of amidine groups is 1. The van der Waals surface area contributed by atoms with Crippen LogP contribution < -0.4 is 25.4 Å². The maximum atomic E-state index is 15.9. The molecule has 0 radical (unpaired) electrons. The molecule has 4 N–H and O–H groups in total. The summed E-state index contributed by atoms with van der Waals surface area (Å²) >= 11 is 0. The summed E-state index contributed by atoms with van der Waals surface area (Å²) in [6.45, 7) is 7.33. The van der Waals surface area contributed by atoms with Crippen LogP contribution in [0.4, 0.5) is 15.9 Å². The van der Waals surface area contributed by atoms with Crippen LogP contribution in [0.5, 0.6) is 11.5 Å². The Labute approximate surface area is 210 Å². The molecule has 1 aromatic heterocycles. The lowest BCUT2D eigenvalue weighted by Gasteiger charge is -2.24. The molecule has 190 valence electrons. The fraction of sp³-hybridized carbons (Fsp3) is 0.296. The Morgan fingerprint density at radius 3 is 2.47 bits per heavy atom. The molecule has 0 bridgehead atoms. The van der Waals surface area contributed by atoms with Crippen LogP contribution in [0.2, 0.25) is 0 Å². The van der Waals surface area contributed by atoms with Gasteiger partial charge in [-0.3, -0.25) is 10.2 Å². The van der Waals surface area contributed by atoms with E-state index in [-0.39, 0.29) is 29.2 Å². The number of rotatable bonds is 10. The number of ether oxygens (including phenoxy) is 2. The number of aromatic nitrogens is 1. The molecule has 36 heavy (non-hydrogen) atoms. The molecule has 0 saturated heterocycles. The van der Waals surface area contributed by atoms with E-state index in [4.69, 9.17) is 20.6 Å². The summed E-state index contributed by atoms with van der Waals surface area (Å²) in [6.07, 6.45) is -0.250. The third-order valence-electron chi connectivity index (χ3n) is 5.40. The van der Waals surface area contributed by atoms with Gasteiger partial charge in [0.1, 0.15) is 17.4 Å². The molecule has 0 saturated carbocycles. The summed E-state index contributed by atoms with van der Waals surface area (Å²) < 4.78 is 27.4. The van der Waals surface area contributed by atoms with Gasteiger partial charge in [-0.1, -0.05) is 6.07 Å². The Hall–Kier alpha value is -4.14. The van der Waals surface area contributed by atoms with Crippen molar-refractivity contribution in [3.05, 3.63) is 77.2 Å². The van der Waals surface area contributed by atoms with Crippen LogP contribution in [-0.4, -0.2) is 36.5 Å². The number of nitrogens with two attached hydrogens (primary N) is 1. The molecule has 8 nitrogen and oxygen atoms in total. The monoisotopic (exact) mass is 493 g/mol. The van der Waals surface area contributed by atoms with Crippen LogP contribution >= 0.6 is 0 Å². The number of pyridine rings is 1. The molecule has 9 heteroatoms. The van der Waals surface area contributed by atoms with Crippen LogP contribution in [0.3, 0.4) is 0 Å². The fourth-order valence-corrected chi connectivity index (χ4v) is 3.57. The lowest BCUT2D eigenvalue weighted by atomic mass is 10.0. The molecule has 3 rings (SSSR count). The smallest absolute Gasteiger partial charge is 0.224 e. The first-order chi connectivity index (χ1) is 17.1. The molecule has 2 aromatic carbocycles. The van der Waals surface area contributed by atoms with Gasteiger partial charge in [0.15, 0.2) is 11.6 Å². The highest BCUT2D eigenvalue weighted by Gasteiger charge is 2.25. The van der Waals surface area contributed by atoms with E-state index >= 15 is 4.39 Å². The van der Waals surface area contributed by atoms with E-state index < -0.39 is 11.9 Å². The van der Waals surface area contributed by atoms with Gasteiger partial charge in [-0.2, -0.15) is 0 Å². The Morgan fingerprint density at radius 2 is 1.89 bits per heavy atom. The quantitative estimate of drug-likeness (QED) is 0.274. The van der Waals surface area contributed by atoms with Crippen LogP contribution in [0.15, 0.2) is 54.6 Å². The van der Waals surface area contributed by atoms with E-state index in [9.17, 15) is 4.79 Å². The summed E-state index contributed by atoms with van der Waals surface area (Å²) in [5, 5.41) is 11.0. The fourth-order valence-electron chi connectivity index (χ4n) is 3.57. The van der Waals surface area contributed by atoms with Crippen LogP contribution in [-0.2, 0) is 4.79 Å². The normalized spacial score (nSPS) is 11.6. The molecule has 0 fully saturated rings. The minimum atomic E-state index is -0.761. The largest absolute Gasteiger partial charge is 0.494 e. The zero-order valence-electron chi connectivity index (χ0n) is 21.1. The van der Waals surface area contributed by atoms with Gasteiger partial charge in [0.2, 0.25) is 5.91 Å². The van der Waals surface area contributed by atoms with Gasteiger partial charge in [0, 0.05) is 36.9 Å². The van der Waals surface area contributed by atoms with Crippen molar-refractivity contribution in [3.63, 3.8) is 0 Å². The van der Waals surface area contributed by atoms with Crippen molar-refractivity contribution in [2.75, 3.05) is 23.9 Å². The number of benzene rings is 2. The van der Waals surface area contributed by atoms with E-state index in [0.29, 0.717) is 35.1 Å². The first kappa shape index (κ1) is 26.5. The van der Waals surface area contributed by atoms with Crippen molar-refractivity contribution in [1.29, 1.82) is 5.41 Å². The number of anilines is 2. The first-order valence-corrected chi connectivity index (χ1v) is 11.7. The summed E-state index contributed by atoms with van der Waals surface area (Å²) in [5.74, 6) is 0.185. The Bertz CT molecular complexity index is 1230. The average molecular weight is 494 g/mol. The number of carbonyl (C=O) groups excluding carboxylic acids is 1. The molecule has 1 heterocycles. The van der Waals surface area contributed by atoms with Gasteiger partial charge >= 0.3 is 0 Å². The van der Waals surface area contributed by atoms with Crippen molar-refractivity contribution >= 4 is 23.2 Å². The van der Waals surface area contributed by atoms with Gasteiger partial charge in [-0.25, -0.2) is 9.37 Å². The summed E-state index contributed by atoms with van der Waals surface area (Å²) in [7, 11) is 1.63. The van der Waals surface area contributed by atoms with Crippen molar-refractivity contribution in [3.8, 4) is 11.5 Å². The maximum absolute atomic E-state index is 15.9. The van der Waals surface area contributed by atoms with Crippen molar-refractivity contribution < 1.29 is 18.7 Å². The zero-order chi connectivity index (χ0) is 26.4. The van der Waals surface area contributed by atoms with Gasteiger partial charge in [-0.05, 0) is 63.2 Å². The first-order valence-electron chi connectivity index (χ1n) is 11.7. The second kappa shape index (κ2) is 11.5. The highest BCUT2D eigenvalue weighted by Crippen LogP contribution is 2.36. The van der Waals surface area contributed by atoms with Crippen LogP contribution in [0.25, 0.3) is 0 Å². The molecule has 0 spiro atoms. The molecule has 0 aliphatic carbocycles. The average Bonchev–Trinajstić information content (AvgIpc) is 2.84. The predicted molar refractivity (Wildman–Crippen MR) is 140 cm³/mol. The number of nitrogen functional groups attached to an aromatic ring is 1. The van der Waals surface area contributed by atoms with Crippen molar-refractivity contribution in [2.24, 2.45) is 5.73 Å². The Balaban J connectivity index is 2.17. The molecular formula is C27H32FN5O3. The molecule has 1 unspecified atom stereocenters. The van der Waals surface area contributed by atoms with Crippen molar-refractivity contribution in [1.82, 2.24) is 4.98 Å².